The number of rotatable bonds is 3. The lowest BCUT2D eigenvalue weighted by Crippen LogP contribution is -2.33. The number of hydrogen-bond acceptors (Lipinski definition) is 4. The van der Waals surface area contributed by atoms with Crippen LogP contribution in [0.25, 0.3) is 5.69 Å². The van der Waals surface area contributed by atoms with Gasteiger partial charge in [-0.2, -0.15) is 5.10 Å². The third-order valence-corrected chi connectivity index (χ3v) is 4.79. The fourth-order valence-corrected chi connectivity index (χ4v) is 3.51. The number of aryl methyl sites for hydroxylation is 1. The molecule has 3 rings (SSSR count). The molecule has 1 heterocycles. The van der Waals surface area contributed by atoms with Crippen LogP contribution >= 0.6 is 12.2 Å². The largest absolute Gasteiger partial charge is 0.326 e. The Kier molecular flexibility index (Phi) is 4.62. The second kappa shape index (κ2) is 6.68. The predicted octanol–water partition coefficient (Wildman–Crippen LogP) is 3.18. The first-order valence-electron chi connectivity index (χ1n) is 8.02. The quantitative estimate of drug-likeness (QED) is 0.838. The van der Waals surface area contributed by atoms with E-state index in [1.807, 2.05) is 42.7 Å². The molecule has 2 N–H and O–H groups in total. The molecule has 1 aromatic carbocycles. The summed E-state index contributed by atoms with van der Waals surface area (Å²) in [6, 6.07) is 7.50. The molecule has 0 aliphatic heterocycles. The normalized spacial score (nSPS) is 20.8. The molecule has 1 saturated carbocycles. The van der Waals surface area contributed by atoms with Crippen LogP contribution in [0.4, 0.5) is 5.69 Å². The number of aromatic nitrogens is 3. The third-order valence-electron chi connectivity index (χ3n) is 4.52. The highest BCUT2D eigenvalue weighted by Crippen LogP contribution is 2.29. The minimum Gasteiger partial charge on any atom is -0.326 e. The molecule has 0 saturated heterocycles. The molecule has 24 heavy (non-hydrogen) atoms. The van der Waals surface area contributed by atoms with Crippen LogP contribution in [-0.4, -0.2) is 26.5 Å². The molecule has 1 aliphatic carbocycles. The van der Waals surface area contributed by atoms with Crippen molar-refractivity contribution >= 4 is 29.6 Å². The van der Waals surface area contributed by atoms with Gasteiger partial charge in [0.15, 0.2) is 4.77 Å². The van der Waals surface area contributed by atoms with Gasteiger partial charge in [-0.3, -0.25) is 19.3 Å². The first-order valence-corrected chi connectivity index (χ1v) is 8.43. The van der Waals surface area contributed by atoms with Gasteiger partial charge in [0.2, 0.25) is 5.91 Å². The number of carbonyl (C=O) groups excluding carboxylic acids is 2. The standard InChI is InChI=1S/C17H20N4O2S/c1-10-8-14(22)6-7-15(10)16(23)18-12-4-3-5-13(9-12)21-11(2)19-20-17(21)24/h3-5,9-10,15H,6-8H2,1-2H3,(H,18,23)(H,20,24)/t10-,15+/m1/s1. The smallest absolute Gasteiger partial charge is 0.227 e. The van der Waals surface area contributed by atoms with Crippen LogP contribution in [0.2, 0.25) is 0 Å². The molecule has 1 fully saturated rings. The monoisotopic (exact) mass is 344 g/mol. The Labute approximate surface area is 145 Å². The summed E-state index contributed by atoms with van der Waals surface area (Å²) in [4.78, 5) is 24.0. The average molecular weight is 344 g/mol. The zero-order valence-corrected chi connectivity index (χ0v) is 14.5. The van der Waals surface area contributed by atoms with Gasteiger partial charge in [0.25, 0.3) is 0 Å². The third kappa shape index (κ3) is 3.31. The van der Waals surface area contributed by atoms with Crippen LogP contribution < -0.4 is 5.32 Å². The van der Waals surface area contributed by atoms with Crippen molar-refractivity contribution in [1.82, 2.24) is 14.8 Å². The summed E-state index contributed by atoms with van der Waals surface area (Å²) in [5, 5.41) is 9.82. The number of nitrogens with one attached hydrogen (secondary N) is 2. The molecule has 1 aromatic heterocycles. The predicted molar refractivity (Wildman–Crippen MR) is 93.6 cm³/mol. The number of hydrogen-bond donors (Lipinski definition) is 2. The summed E-state index contributed by atoms with van der Waals surface area (Å²) >= 11 is 5.24. The summed E-state index contributed by atoms with van der Waals surface area (Å²) in [5.74, 6) is 0.935. The van der Waals surface area contributed by atoms with E-state index in [1.54, 1.807) is 0 Å². The number of nitrogens with zero attached hydrogens (tertiary/aromatic N) is 2. The Hall–Kier alpha value is -2.28. The number of anilines is 1. The topological polar surface area (TPSA) is 79.8 Å². The minimum atomic E-state index is -0.121. The van der Waals surface area contributed by atoms with E-state index in [0.29, 0.717) is 29.7 Å². The Bertz CT molecular complexity index is 839. The van der Waals surface area contributed by atoms with Crippen molar-refractivity contribution in [3.05, 3.63) is 34.9 Å². The maximum Gasteiger partial charge on any atom is 0.227 e. The Morgan fingerprint density at radius 1 is 1.46 bits per heavy atom. The molecule has 2 aromatic rings. The lowest BCUT2D eigenvalue weighted by atomic mass is 9.79. The van der Waals surface area contributed by atoms with E-state index >= 15 is 0 Å². The van der Waals surface area contributed by atoms with Crippen molar-refractivity contribution in [3.8, 4) is 5.69 Å². The molecule has 1 aliphatic rings. The number of amides is 1. The van der Waals surface area contributed by atoms with Crippen LogP contribution in [0.3, 0.4) is 0 Å². The highest BCUT2D eigenvalue weighted by atomic mass is 32.1. The van der Waals surface area contributed by atoms with E-state index in [-0.39, 0.29) is 23.5 Å². The first kappa shape index (κ1) is 16.6. The molecule has 0 spiro atoms. The summed E-state index contributed by atoms with van der Waals surface area (Å²) in [5.41, 5.74) is 1.56. The van der Waals surface area contributed by atoms with E-state index in [9.17, 15) is 9.59 Å². The van der Waals surface area contributed by atoms with E-state index in [2.05, 4.69) is 15.5 Å². The minimum absolute atomic E-state index is 0.0281. The Morgan fingerprint density at radius 2 is 2.25 bits per heavy atom. The molecule has 0 bridgehead atoms. The van der Waals surface area contributed by atoms with Gasteiger partial charge in [0.1, 0.15) is 11.6 Å². The van der Waals surface area contributed by atoms with Crippen molar-refractivity contribution in [3.63, 3.8) is 0 Å². The number of H-pyrrole nitrogens is 1. The molecular formula is C17H20N4O2S. The number of benzene rings is 1. The average Bonchev–Trinajstić information content (AvgIpc) is 2.86. The molecule has 1 amide bonds. The van der Waals surface area contributed by atoms with Crippen LogP contribution in [0.15, 0.2) is 24.3 Å². The molecule has 126 valence electrons. The summed E-state index contributed by atoms with van der Waals surface area (Å²) in [6.07, 6.45) is 1.60. The van der Waals surface area contributed by atoms with Crippen molar-refractivity contribution in [2.24, 2.45) is 11.8 Å². The number of ketones is 1. The van der Waals surface area contributed by atoms with E-state index in [1.165, 1.54) is 0 Å². The Morgan fingerprint density at radius 3 is 2.92 bits per heavy atom. The van der Waals surface area contributed by atoms with Crippen LogP contribution in [0.5, 0.6) is 0 Å². The van der Waals surface area contributed by atoms with E-state index < -0.39 is 0 Å². The van der Waals surface area contributed by atoms with Crippen molar-refractivity contribution in [2.45, 2.75) is 33.1 Å². The molecule has 6 nitrogen and oxygen atoms in total. The summed E-state index contributed by atoms with van der Waals surface area (Å²) < 4.78 is 2.32. The number of carbonyl (C=O) groups is 2. The van der Waals surface area contributed by atoms with Crippen molar-refractivity contribution in [2.75, 3.05) is 5.32 Å². The van der Waals surface area contributed by atoms with Gasteiger partial charge in [0.05, 0.1) is 5.69 Å². The maximum absolute atomic E-state index is 12.5. The molecular weight excluding hydrogens is 324 g/mol. The van der Waals surface area contributed by atoms with Crippen molar-refractivity contribution < 1.29 is 9.59 Å². The molecule has 0 radical (unpaired) electrons. The molecule has 0 unspecified atom stereocenters. The van der Waals surface area contributed by atoms with Gasteiger partial charge < -0.3 is 5.32 Å². The zero-order chi connectivity index (χ0) is 17.3. The second-order valence-electron chi connectivity index (χ2n) is 6.32. The Balaban J connectivity index is 1.79. The van der Waals surface area contributed by atoms with Crippen LogP contribution in [-0.2, 0) is 9.59 Å². The van der Waals surface area contributed by atoms with Gasteiger partial charge in [-0.25, -0.2) is 0 Å². The number of aromatic amines is 1. The second-order valence-corrected chi connectivity index (χ2v) is 6.70. The van der Waals surface area contributed by atoms with Crippen LogP contribution in [0, 0.1) is 23.5 Å². The fraction of sp³-hybridized carbons (Fsp3) is 0.412. The van der Waals surface area contributed by atoms with Gasteiger partial charge in [-0.05, 0) is 49.7 Å². The molecule has 2 atom stereocenters. The van der Waals surface area contributed by atoms with Gasteiger partial charge in [-0.15, -0.1) is 0 Å². The fourth-order valence-electron chi connectivity index (χ4n) is 3.23. The highest BCUT2D eigenvalue weighted by Gasteiger charge is 2.31. The van der Waals surface area contributed by atoms with E-state index in [4.69, 9.17) is 12.2 Å². The lowest BCUT2D eigenvalue weighted by molar-refractivity contribution is -0.127. The first-order chi connectivity index (χ1) is 11.5. The highest BCUT2D eigenvalue weighted by molar-refractivity contribution is 7.71. The summed E-state index contributed by atoms with van der Waals surface area (Å²) in [7, 11) is 0. The zero-order valence-electron chi connectivity index (χ0n) is 13.7. The lowest BCUT2D eigenvalue weighted by Gasteiger charge is -2.26. The maximum atomic E-state index is 12.5. The van der Waals surface area contributed by atoms with Crippen LogP contribution in [0.1, 0.15) is 32.0 Å². The molecule has 7 heteroatoms. The van der Waals surface area contributed by atoms with Crippen molar-refractivity contribution in [1.29, 1.82) is 0 Å². The SMILES string of the molecule is Cc1n[nH]c(=S)n1-c1cccc(NC(=O)[C@H]2CCC(=O)C[C@H]2C)c1. The summed E-state index contributed by atoms with van der Waals surface area (Å²) in [6.45, 7) is 3.82. The number of Topliss-reactive ketones (excluding diaryl/α,β-unsaturated/α-hetero) is 1. The van der Waals surface area contributed by atoms with Gasteiger partial charge in [-0.1, -0.05) is 13.0 Å². The van der Waals surface area contributed by atoms with Gasteiger partial charge in [0, 0.05) is 24.4 Å². The van der Waals surface area contributed by atoms with E-state index in [0.717, 1.165) is 11.5 Å². The van der Waals surface area contributed by atoms with Gasteiger partial charge >= 0.3 is 0 Å².